The Labute approximate surface area is 110 Å². The van der Waals surface area contributed by atoms with Gasteiger partial charge in [-0.25, -0.2) is 4.79 Å². The molecule has 2 heterocycles. The van der Waals surface area contributed by atoms with Gasteiger partial charge in [-0.05, 0) is 34.0 Å². The topological polar surface area (TPSA) is 51.2 Å². The molecule has 0 saturated carbocycles. The highest BCUT2D eigenvalue weighted by Gasteiger charge is 2.20. The van der Waals surface area contributed by atoms with Crippen LogP contribution in [0.25, 0.3) is 0 Å². The smallest absolute Gasteiger partial charge is 0.327 e. The third-order valence-electron chi connectivity index (χ3n) is 2.55. The summed E-state index contributed by atoms with van der Waals surface area (Å²) in [6, 6.07) is 5.32. The number of carbonyl (C=O) groups is 1. The van der Waals surface area contributed by atoms with Gasteiger partial charge in [0.25, 0.3) is 0 Å². The number of thiophene rings is 1. The largest absolute Gasteiger partial charge is 0.468 e. The lowest BCUT2D eigenvalue weighted by Crippen LogP contribution is -2.28. The molecule has 18 heavy (non-hydrogen) atoms. The zero-order chi connectivity index (χ0) is 12.8. The Hall–Kier alpha value is -1.72. The molecular formula is C13H14N2O2S. The number of nitrogens with one attached hydrogen (secondary N) is 1. The van der Waals surface area contributed by atoms with Crippen LogP contribution in [-0.2, 0) is 16.1 Å². The van der Waals surface area contributed by atoms with Crippen molar-refractivity contribution in [3.05, 3.63) is 52.5 Å². The molecule has 0 amide bonds. The van der Waals surface area contributed by atoms with Gasteiger partial charge in [-0.15, -0.1) is 0 Å². The Bertz CT molecular complexity index is 485. The number of aromatic nitrogens is 1. The molecule has 0 saturated heterocycles. The minimum Gasteiger partial charge on any atom is -0.468 e. The SMILES string of the molecule is COC(=O)C(NCc1cccnc1)c1ccsc1. The number of ether oxygens (including phenoxy) is 1. The van der Waals surface area contributed by atoms with Gasteiger partial charge in [0, 0.05) is 18.9 Å². The molecule has 0 aliphatic rings. The number of pyridine rings is 1. The van der Waals surface area contributed by atoms with Gasteiger partial charge in [-0.2, -0.15) is 11.3 Å². The average molecular weight is 262 g/mol. The normalized spacial score (nSPS) is 12.1. The molecule has 5 heteroatoms. The van der Waals surface area contributed by atoms with Crippen LogP contribution in [0.3, 0.4) is 0 Å². The van der Waals surface area contributed by atoms with Crippen molar-refractivity contribution in [2.24, 2.45) is 0 Å². The zero-order valence-electron chi connectivity index (χ0n) is 10.00. The lowest BCUT2D eigenvalue weighted by molar-refractivity contribution is -0.143. The fraction of sp³-hybridized carbons (Fsp3) is 0.231. The van der Waals surface area contributed by atoms with E-state index < -0.39 is 6.04 Å². The van der Waals surface area contributed by atoms with Gasteiger partial charge in [0.1, 0.15) is 6.04 Å². The second-order valence-electron chi connectivity index (χ2n) is 3.76. The van der Waals surface area contributed by atoms with Crippen LogP contribution in [0.1, 0.15) is 17.2 Å². The van der Waals surface area contributed by atoms with Crippen LogP contribution >= 0.6 is 11.3 Å². The third-order valence-corrected chi connectivity index (χ3v) is 3.25. The Morgan fingerprint density at radius 1 is 1.56 bits per heavy atom. The summed E-state index contributed by atoms with van der Waals surface area (Å²) >= 11 is 1.56. The molecule has 2 aromatic rings. The van der Waals surface area contributed by atoms with E-state index in [-0.39, 0.29) is 5.97 Å². The van der Waals surface area contributed by atoms with E-state index in [1.54, 1.807) is 23.7 Å². The molecule has 0 aromatic carbocycles. The first-order valence-electron chi connectivity index (χ1n) is 5.53. The van der Waals surface area contributed by atoms with E-state index in [2.05, 4.69) is 10.3 Å². The number of rotatable bonds is 5. The summed E-state index contributed by atoms with van der Waals surface area (Å²) in [4.78, 5) is 15.8. The van der Waals surface area contributed by atoms with Crippen molar-refractivity contribution in [1.29, 1.82) is 0 Å². The van der Waals surface area contributed by atoms with Crippen molar-refractivity contribution < 1.29 is 9.53 Å². The quantitative estimate of drug-likeness (QED) is 0.839. The maximum Gasteiger partial charge on any atom is 0.327 e. The highest BCUT2D eigenvalue weighted by Crippen LogP contribution is 2.18. The molecule has 0 fully saturated rings. The zero-order valence-corrected chi connectivity index (χ0v) is 10.8. The Morgan fingerprint density at radius 3 is 3.06 bits per heavy atom. The van der Waals surface area contributed by atoms with Crippen molar-refractivity contribution in [2.45, 2.75) is 12.6 Å². The number of esters is 1. The number of hydrogen-bond donors (Lipinski definition) is 1. The number of carbonyl (C=O) groups excluding carboxylic acids is 1. The summed E-state index contributed by atoms with van der Waals surface area (Å²) in [7, 11) is 1.40. The van der Waals surface area contributed by atoms with Crippen molar-refractivity contribution in [2.75, 3.05) is 7.11 Å². The highest BCUT2D eigenvalue weighted by atomic mass is 32.1. The summed E-state index contributed by atoms with van der Waals surface area (Å²) in [5.74, 6) is -0.280. The molecule has 2 rings (SSSR count). The van der Waals surface area contributed by atoms with Gasteiger partial charge in [-0.1, -0.05) is 6.07 Å². The molecule has 1 atom stereocenters. The Kier molecular flexibility index (Phi) is 4.44. The van der Waals surface area contributed by atoms with Gasteiger partial charge in [-0.3, -0.25) is 10.3 Å². The number of hydrogen-bond acceptors (Lipinski definition) is 5. The van der Waals surface area contributed by atoms with Crippen LogP contribution in [0.2, 0.25) is 0 Å². The Morgan fingerprint density at radius 2 is 2.44 bits per heavy atom. The van der Waals surface area contributed by atoms with Crippen molar-refractivity contribution in [1.82, 2.24) is 10.3 Å². The molecule has 4 nitrogen and oxygen atoms in total. The second-order valence-corrected chi connectivity index (χ2v) is 4.54. The van der Waals surface area contributed by atoms with Gasteiger partial charge in [0.15, 0.2) is 0 Å². The van der Waals surface area contributed by atoms with Gasteiger partial charge >= 0.3 is 5.97 Å². The molecular weight excluding hydrogens is 248 g/mol. The van der Waals surface area contributed by atoms with E-state index in [0.717, 1.165) is 11.1 Å². The summed E-state index contributed by atoms with van der Waals surface area (Å²) in [5, 5.41) is 7.07. The minimum atomic E-state index is -0.429. The van der Waals surface area contributed by atoms with Crippen LogP contribution in [0.5, 0.6) is 0 Å². The minimum absolute atomic E-state index is 0.280. The van der Waals surface area contributed by atoms with Crippen LogP contribution in [0.15, 0.2) is 41.4 Å². The van der Waals surface area contributed by atoms with E-state index in [0.29, 0.717) is 6.54 Å². The summed E-state index contributed by atoms with van der Waals surface area (Å²) < 4.78 is 4.81. The standard InChI is InChI=1S/C13H14N2O2S/c1-17-13(16)12(11-4-6-18-9-11)15-8-10-3-2-5-14-7-10/h2-7,9,12,15H,8H2,1H3. The maximum absolute atomic E-state index is 11.7. The first-order valence-corrected chi connectivity index (χ1v) is 6.47. The molecule has 1 N–H and O–H groups in total. The first kappa shape index (κ1) is 12.7. The molecule has 0 aliphatic heterocycles. The van der Waals surface area contributed by atoms with E-state index >= 15 is 0 Å². The predicted octanol–water partition coefficient (Wildman–Crippen LogP) is 2.15. The van der Waals surface area contributed by atoms with E-state index in [4.69, 9.17) is 4.74 Å². The lowest BCUT2D eigenvalue weighted by atomic mass is 10.1. The lowest BCUT2D eigenvalue weighted by Gasteiger charge is -2.15. The third kappa shape index (κ3) is 3.15. The Balaban J connectivity index is 2.05. The molecule has 94 valence electrons. The van der Waals surface area contributed by atoms with Crippen molar-refractivity contribution in [3.63, 3.8) is 0 Å². The van der Waals surface area contributed by atoms with Crippen LogP contribution in [0.4, 0.5) is 0 Å². The molecule has 0 spiro atoms. The van der Waals surface area contributed by atoms with E-state index in [1.807, 2.05) is 29.0 Å². The van der Waals surface area contributed by atoms with Crippen LogP contribution in [0, 0.1) is 0 Å². The molecule has 0 aliphatic carbocycles. The first-order chi connectivity index (χ1) is 8.81. The van der Waals surface area contributed by atoms with E-state index in [9.17, 15) is 4.79 Å². The number of methoxy groups -OCH3 is 1. The van der Waals surface area contributed by atoms with Gasteiger partial charge in [0.2, 0.25) is 0 Å². The fourth-order valence-corrected chi connectivity index (χ4v) is 2.30. The summed E-state index contributed by atoms with van der Waals surface area (Å²) in [6.45, 7) is 0.573. The van der Waals surface area contributed by atoms with E-state index in [1.165, 1.54) is 7.11 Å². The predicted molar refractivity (Wildman–Crippen MR) is 70.2 cm³/mol. The molecule has 0 radical (unpaired) electrons. The number of nitrogens with zero attached hydrogens (tertiary/aromatic N) is 1. The van der Waals surface area contributed by atoms with Gasteiger partial charge in [0.05, 0.1) is 7.11 Å². The van der Waals surface area contributed by atoms with Crippen LogP contribution in [-0.4, -0.2) is 18.1 Å². The van der Waals surface area contributed by atoms with Crippen LogP contribution < -0.4 is 5.32 Å². The monoisotopic (exact) mass is 262 g/mol. The molecule has 1 unspecified atom stereocenters. The fourth-order valence-electron chi connectivity index (χ4n) is 1.62. The van der Waals surface area contributed by atoms with Crippen molar-refractivity contribution in [3.8, 4) is 0 Å². The van der Waals surface area contributed by atoms with Crippen molar-refractivity contribution >= 4 is 17.3 Å². The second kappa shape index (κ2) is 6.28. The average Bonchev–Trinajstić information content (AvgIpc) is 2.94. The van der Waals surface area contributed by atoms with Gasteiger partial charge < -0.3 is 4.74 Å². The molecule has 2 aromatic heterocycles. The molecule has 0 bridgehead atoms. The summed E-state index contributed by atoms with van der Waals surface area (Å²) in [6.07, 6.45) is 3.50. The summed E-state index contributed by atoms with van der Waals surface area (Å²) in [5.41, 5.74) is 1.96. The maximum atomic E-state index is 11.7. The highest BCUT2D eigenvalue weighted by molar-refractivity contribution is 7.08.